The molecule has 176 valence electrons. The predicted octanol–water partition coefficient (Wildman–Crippen LogP) is 6.52. The van der Waals surface area contributed by atoms with Crippen molar-refractivity contribution in [1.82, 2.24) is 14.8 Å². The highest BCUT2D eigenvalue weighted by Crippen LogP contribution is 2.41. The number of rotatable bonds is 8. The number of likely N-dealkylation sites (N-methyl/N-ethyl adjacent to an activating group) is 1. The third kappa shape index (κ3) is 5.68. The maximum Gasteiger partial charge on any atom is 0.319 e. The number of aryl methyl sites for hydroxylation is 1. The average molecular weight is 465 g/mol. The molecule has 1 unspecified atom stereocenters. The molecule has 5 nitrogen and oxygen atoms in total. The molecule has 0 aliphatic carbocycles. The Labute approximate surface area is 201 Å². The molecule has 1 aromatic carbocycles. The lowest BCUT2D eigenvalue weighted by Crippen LogP contribution is -2.35. The minimum absolute atomic E-state index is 0.0246. The van der Waals surface area contributed by atoms with E-state index in [1.54, 1.807) is 0 Å². The molecule has 4 rings (SSSR count). The second-order valence-electron chi connectivity index (χ2n) is 9.42. The van der Waals surface area contributed by atoms with Gasteiger partial charge in [0.15, 0.2) is 0 Å². The molecule has 0 bridgehead atoms. The lowest BCUT2D eigenvalue weighted by Gasteiger charge is -2.28. The highest BCUT2D eigenvalue weighted by atomic mass is 32.1. The monoisotopic (exact) mass is 464 g/mol. The van der Waals surface area contributed by atoms with E-state index in [2.05, 4.69) is 65.4 Å². The predicted molar refractivity (Wildman–Crippen MR) is 138 cm³/mol. The van der Waals surface area contributed by atoms with E-state index in [9.17, 15) is 4.79 Å². The van der Waals surface area contributed by atoms with Crippen molar-refractivity contribution in [2.24, 2.45) is 5.92 Å². The molecule has 0 fully saturated rings. The molecule has 1 atom stereocenters. The van der Waals surface area contributed by atoms with Crippen LogP contribution in [0, 0.1) is 12.8 Å². The van der Waals surface area contributed by atoms with Gasteiger partial charge in [-0.05, 0) is 68.5 Å². The van der Waals surface area contributed by atoms with Crippen molar-refractivity contribution in [2.75, 3.05) is 18.4 Å². The van der Waals surface area contributed by atoms with Crippen LogP contribution in [0.2, 0.25) is 0 Å². The summed E-state index contributed by atoms with van der Waals surface area (Å²) in [7, 11) is 0. The second-order valence-corrected chi connectivity index (χ2v) is 10.5. The van der Waals surface area contributed by atoms with Gasteiger partial charge in [-0.15, -0.1) is 11.3 Å². The smallest absolute Gasteiger partial charge is 0.319 e. The molecule has 2 N–H and O–H groups in total. The molecule has 0 saturated heterocycles. The van der Waals surface area contributed by atoms with Gasteiger partial charge < -0.3 is 15.2 Å². The summed E-state index contributed by atoms with van der Waals surface area (Å²) in [6, 6.07) is 11.9. The minimum Gasteiger partial charge on any atom is -0.331 e. The zero-order chi connectivity index (χ0) is 23.4. The van der Waals surface area contributed by atoms with Crippen molar-refractivity contribution >= 4 is 23.1 Å². The first-order valence-corrected chi connectivity index (χ1v) is 12.9. The fourth-order valence-electron chi connectivity index (χ4n) is 4.51. The molecule has 6 heteroatoms. The van der Waals surface area contributed by atoms with Crippen LogP contribution in [-0.4, -0.2) is 28.6 Å². The topological polar surface area (TPSA) is 49.3 Å². The molecule has 0 saturated carbocycles. The van der Waals surface area contributed by atoms with Crippen molar-refractivity contribution in [3.05, 3.63) is 70.4 Å². The van der Waals surface area contributed by atoms with E-state index in [4.69, 9.17) is 0 Å². The van der Waals surface area contributed by atoms with Gasteiger partial charge in [-0.3, -0.25) is 4.90 Å². The maximum absolute atomic E-state index is 13.1. The van der Waals surface area contributed by atoms with Gasteiger partial charge in [-0.1, -0.05) is 38.5 Å². The normalized spacial score (nSPS) is 14.8. The molecule has 3 heterocycles. The Bertz CT molecular complexity index is 1050. The van der Waals surface area contributed by atoms with Gasteiger partial charge in [0, 0.05) is 41.6 Å². The van der Waals surface area contributed by atoms with Crippen molar-refractivity contribution in [3.8, 4) is 5.00 Å². The number of carbonyl (C=O) groups excluding carboxylic acids is 1. The van der Waals surface area contributed by atoms with Gasteiger partial charge in [-0.2, -0.15) is 0 Å². The number of urea groups is 1. The summed E-state index contributed by atoms with van der Waals surface area (Å²) < 4.78 is 2.22. The highest BCUT2D eigenvalue weighted by Gasteiger charge is 2.30. The number of hydrogen-bond acceptors (Lipinski definition) is 3. The average Bonchev–Trinajstić information content (AvgIpc) is 3.45. The van der Waals surface area contributed by atoms with Gasteiger partial charge >= 0.3 is 6.03 Å². The largest absolute Gasteiger partial charge is 0.331 e. The molecule has 1 aliphatic heterocycles. The van der Waals surface area contributed by atoms with Crippen LogP contribution in [-0.2, 0) is 13.0 Å². The fraction of sp³-hybridized carbons (Fsp3) is 0.444. The molecule has 2 aromatic heterocycles. The Kier molecular flexibility index (Phi) is 7.56. The van der Waals surface area contributed by atoms with Crippen LogP contribution >= 0.6 is 11.3 Å². The van der Waals surface area contributed by atoms with Gasteiger partial charge in [0.25, 0.3) is 0 Å². The Morgan fingerprint density at radius 3 is 2.52 bits per heavy atom. The zero-order valence-corrected chi connectivity index (χ0v) is 21.0. The maximum atomic E-state index is 13.1. The fourth-order valence-corrected chi connectivity index (χ4v) is 5.93. The van der Waals surface area contributed by atoms with Crippen LogP contribution in [0.5, 0.6) is 0 Å². The van der Waals surface area contributed by atoms with E-state index in [1.807, 2.05) is 42.5 Å². The SMILES string of the molecule is CCN1CCc2c(sc(-n3cccc3)c2C(CCC(C)C)NC(=O)Nc2ccc(C)cc2)C1. The standard InChI is InChI=1S/C27H36N4OS/c1-5-30-17-14-22-24(18-30)33-26(31-15-6-7-16-31)25(22)23(13-8-19(2)3)29-27(32)28-21-11-9-20(4)10-12-21/h6-7,9-12,15-16,19,23H,5,8,13-14,17-18H2,1-4H3,(H2,28,29,32). The first kappa shape index (κ1) is 23.6. The minimum atomic E-state index is -0.142. The molecule has 0 radical (unpaired) electrons. The number of benzene rings is 1. The Morgan fingerprint density at radius 1 is 1.12 bits per heavy atom. The quantitative estimate of drug-likeness (QED) is 0.398. The summed E-state index contributed by atoms with van der Waals surface area (Å²) in [4.78, 5) is 17.0. The van der Waals surface area contributed by atoms with E-state index in [0.717, 1.165) is 44.6 Å². The molecular formula is C27H36N4OS. The lowest BCUT2D eigenvalue weighted by atomic mass is 9.92. The first-order valence-electron chi connectivity index (χ1n) is 12.1. The molecule has 0 spiro atoms. The summed E-state index contributed by atoms with van der Waals surface area (Å²) in [6.45, 7) is 11.9. The van der Waals surface area contributed by atoms with Gasteiger partial charge in [0.05, 0.1) is 6.04 Å². The first-order chi connectivity index (χ1) is 15.9. The molecule has 2 amide bonds. The van der Waals surface area contributed by atoms with Gasteiger partial charge in [0.1, 0.15) is 5.00 Å². The lowest BCUT2D eigenvalue weighted by molar-refractivity contribution is 0.246. The van der Waals surface area contributed by atoms with E-state index in [-0.39, 0.29) is 12.1 Å². The number of nitrogens with one attached hydrogen (secondary N) is 2. The third-order valence-electron chi connectivity index (χ3n) is 6.44. The van der Waals surface area contributed by atoms with Crippen molar-refractivity contribution in [3.63, 3.8) is 0 Å². The summed E-state index contributed by atoms with van der Waals surface area (Å²) in [5.41, 5.74) is 4.75. The summed E-state index contributed by atoms with van der Waals surface area (Å²) >= 11 is 1.88. The number of nitrogens with zero attached hydrogens (tertiary/aromatic N) is 2. The molecular weight excluding hydrogens is 428 g/mol. The van der Waals surface area contributed by atoms with Crippen molar-refractivity contribution in [2.45, 2.75) is 59.5 Å². The van der Waals surface area contributed by atoms with Crippen LogP contribution < -0.4 is 10.6 Å². The summed E-state index contributed by atoms with van der Waals surface area (Å²) in [6.07, 6.45) is 7.25. The summed E-state index contributed by atoms with van der Waals surface area (Å²) in [5, 5.41) is 7.63. The van der Waals surface area contributed by atoms with Crippen molar-refractivity contribution in [1.29, 1.82) is 0 Å². The molecule has 33 heavy (non-hydrogen) atoms. The highest BCUT2D eigenvalue weighted by molar-refractivity contribution is 7.15. The Hall–Kier alpha value is -2.57. The number of carbonyl (C=O) groups is 1. The summed E-state index contributed by atoms with van der Waals surface area (Å²) in [5.74, 6) is 0.578. The van der Waals surface area contributed by atoms with Gasteiger partial charge in [-0.25, -0.2) is 4.79 Å². The van der Waals surface area contributed by atoms with E-state index in [1.165, 1.54) is 26.6 Å². The number of amides is 2. The van der Waals surface area contributed by atoms with E-state index in [0.29, 0.717) is 5.92 Å². The molecule has 1 aliphatic rings. The van der Waals surface area contributed by atoms with Crippen molar-refractivity contribution < 1.29 is 4.79 Å². The number of fused-ring (bicyclic) bond motifs is 1. The number of hydrogen-bond donors (Lipinski definition) is 2. The van der Waals surface area contributed by atoms with Gasteiger partial charge in [0.2, 0.25) is 0 Å². The Balaban J connectivity index is 1.66. The zero-order valence-electron chi connectivity index (χ0n) is 20.2. The molecule has 3 aromatic rings. The third-order valence-corrected chi connectivity index (χ3v) is 7.69. The van der Waals surface area contributed by atoms with E-state index < -0.39 is 0 Å². The van der Waals surface area contributed by atoms with Crippen LogP contribution in [0.15, 0.2) is 48.8 Å². The number of aromatic nitrogens is 1. The Morgan fingerprint density at radius 2 is 1.85 bits per heavy atom. The van der Waals surface area contributed by atoms with Crippen LogP contribution in [0.1, 0.15) is 61.2 Å². The number of anilines is 1. The van der Waals surface area contributed by atoms with Crippen LogP contribution in [0.3, 0.4) is 0 Å². The second kappa shape index (κ2) is 10.6. The van der Waals surface area contributed by atoms with Crippen LogP contribution in [0.25, 0.3) is 5.00 Å². The van der Waals surface area contributed by atoms with E-state index >= 15 is 0 Å². The number of thiophene rings is 1. The van der Waals surface area contributed by atoms with Crippen LogP contribution in [0.4, 0.5) is 10.5 Å².